The van der Waals surface area contributed by atoms with E-state index in [1.165, 1.54) is 5.56 Å². The van der Waals surface area contributed by atoms with Crippen LogP contribution in [0.25, 0.3) is 11.0 Å². The summed E-state index contributed by atoms with van der Waals surface area (Å²) in [6, 6.07) is 8.87. The summed E-state index contributed by atoms with van der Waals surface area (Å²) in [5.41, 5.74) is 1.80. The monoisotopic (exact) mass is 514 g/mol. The number of hydrogen-bond acceptors (Lipinski definition) is 6. The van der Waals surface area contributed by atoms with E-state index in [-0.39, 0.29) is 40.0 Å². The fourth-order valence-electron chi connectivity index (χ4n) is 9.21. The maximum Gasteiger partial charge on any atom is 0.252 e. The lowest BCUT2D eigenvalue weighted by Crippen LogP contribution is -2.67. The summed E-state index contributed by atoms with van der Waals surface area (Å²) < 4.78 is 9.32. The smallest absolute Gasteiger partial charge is 0.252 e. The van der Waals surface area contributed by atoms with E-state index in [9.17, 15) is 14.7 Å². The van der Waals surface area contributed by atoms with Crippen LogP contribution in [0.3, 0.4) is 0 Å². The van der Waals surface area contributed by atoms with Crippen molar-refractivity contribution < 1.29 is 9.84 Å². The van der Waals surface area contributed by atoms with Gasteiger partial charge in [-0.15, -0.1) is 0 Å². The summed E-state index contributed by atoms with van der Waals surface area (Å²) in [5.74, 6) is 1.25. The number of fused-ring (bicyclic) bond motifs is 2. The summed E-state index contributed by atoms with van der Waals surface area (Å²) in [6.07, 6.45) is 8.56. The fourth-order valence-corrected chi connectivity index (χ4v) is 9.21. The van der Waals surface area contributed by atoms with Crippen LogP contribution in [0.1, 0.15) is 62.7 Å². The van der Waals surface area contributed by atoms with Gasteiger partial charge in [-0.2, -0.15) is 0 Å². The second kappa shape index (κ2) is 7.57. The highest BCUT2D eigenvalue weighted by atomic mass is 16.5. The maximum atomic E-state index is 13.1. The molecule has 2 aliphatic heterocycles. The summed E-state index contributed by atoms with van der Waals surface area (Å²) in [5, 5.41) is 17.0. The van der Waals surface area contributed by atoms with Crippen LogP contribution in [0, 0.1) is 17.3 Å². The molecule has 2 N–H and O–H groups in total. The van der Waals surface area contributed by atoms with Crippen molar-refractivity contribution in [2.75, 3.05) is 6.61 Å². The number of nitrogens with zero attached hydrogens (tertiary/aromatic N) is 3. The van der Waals surface area contributed by atoms with Crippen LogP contribution in [-0.2, 0) is 19.5 Å². The number of nitrogens with one attached hydrogen (secondary N) is 1. The Kier molecular flexibility index (Phi) is 4.57. The lowest BCUT2D eigenvalue weighted by molar-refractivity contribution is -0.243. The third-order valence-corrected chi connectivity index (χ3v) is 11.1. The van der Waals surface area contributed by atoms with Crippen molar-refractivity contribution in [3.8, 4) is 5.75 Å². The zero-order chi connectivity index (χ0) is 25.9. The van der Waals surface area contributed by atoms with Gasteiger partial charge in [0.15, 0.2) is 0 Å². The Labute approximate surface area is 220 Å². The maximum absolute atomic E-state index is 13.1. The van der Waals surface area contributed by atoms with Crippen LogP contribution in [-0.4, -0.2) is 37.0 Å². The molecule has 3 fully saturated rings. The first kappa shape index (κ1) is 23.0. The van der Waals surface area contributed by atoms with Crippen LogP contribution < -0.4 is 21.2 Å². The topological polar surface area (TPSA) is 98.4 Å². The van der Waals surface area contributed by atoms with E-state index in [2.05, 4.69) is 23.3 Å². The van der Waals surface area contributed by atoms with Gasteiger partial charge in [-0.3, -0.25) is 23.7 Å². The Morgan fingerprint density at radius 3 is 2.89 bits per heavy atom. The Hall–Kier alpha value is -2.97. The molecule has 3 saturated carbocycles. The molecule has 8 heteroatoms. The number of aliphatic hydroxyl groups is 1. The van der Waals surface area contributed by atoms with Crippen LogP contribution in [0.15, 0.2) is 46.1 Å². The van der Waals surface area contributed by atoms with Gasteiger partial charge in [-0.1, -0.05) is 6.92 Å². The van der Waals surface area contributed by atoms with Gasteiger partial charge in [-0.05, 0) is 80.5 Å². The number of aromatic nitrogens is 3. The number of pyridine rings is 3. The highest BCUT2D eigenvalue weighted by Crippen LogP contribution is 2.74. The molecular formula is C30H34N4O4. The molecular weight excluding hydrogens is 480 g/mol. The van der Waals surface area contributed by atoms with Crippen molar-refractivity contribution in [3.05, 3.63) is 68.5 Å². The molecule has 0 amide bonds. The van der Waals surface area contributed by atoms with Crippen LogP contribution in [0.4, 0.5) is 0 Å². The fraction of sp³-hybridized carbons (Fsp3) is 0.567. The minimum absolute atomic E-state index is 0.0633. The molecule has 8 rings (SSSR count). The Bertz CT molecular complexity index is 1610. The number of ether oxygens (including phenoxy) is 1. The normalized spacial score (nSPS) is 35.0. The predicted octanol–water partition coefficient (Wildman–Crippen LogP) is 2.93. The van der Waals surface area contributed by atoms with Gasteiger partial charge < -0.3 is 15.2 Å². The minimum atomic E-state index is -0.744. The summed E-state index contributed by atoms with van der Waals surface area (Å²) in [4.78, 5) is 30.4. The highest BCUT2D eigenvalue weighted by Gasteiger charge is 2.75. The summed E-state index contributed by atoms with van der Waals surface area (Å²) in [6.45, 7) is 4.16. The molecule has 198 valence electrons. The molecule has 0 radical (unpaired) electrons. The number of hydrogen-bond donors (Lipinski definition) is 2. The zero-order valence-corrected chi connectivity index (χ0v) is 21.8. The van der Waals surface area contributed by atoms with Crippen molar-refractivity contribution >= 4 is 11.0 Å². The van der Waals surface area contributed by atoms with E-state index in [4.69, 9.17) is 4.74 Å². The first-order valence-corrected chi connectivity index (χ1v) is 14.2. The van der Waals surface area contributed by atoms with Gasteiger partial charge in [0.25, 0.3) is 11.1 Å². The molecule has 2 bridgehead atoms. The minimum Gasteiger partial charge on any atom is -0.492 e. The quantitative estimate of drug-likeness (QED) is 0.543. The van der Waals surface area contributed by atoms with Gasteiger partial charge in [0.2, 0.25) is 0 Å². The molecule has 3 aromatic rings. The van der Waals surface area contributed by atoms with Crippen molar-refractivity contribution in [1.29, 1.82) is 0 Å². The van der Waals surface area contributed by atoms with Crippen LogP contribution in [0.2, 0.25) is 0 Å². The van der Waals surface area contributed by atoms with Crippen LogP contribution in [0.5, 0.6) is 5.75 Å². The number of rotatable bonds is 5. The molecule has 0 saturated heterocycles. The second-order valence-corrected chi connectivity index (χ2v) is 12.7. The first-order valence-electron chi connectivity index (χ1n) is 14.2. The zero-order valence-electron chi connectivity index (χ0n) is 21.8. The van der Waals surface area contributed by atoms with Crippen molar-refractivity contribution in [3.63, 3.8) is 0 Å². The standard InChI is InChI=1S/C30H34N4O4/c1-18(23-16-33-25(35)6-4-19-5-7-26(36)34(23)27(19)33)29-9-8-28(12-21(13-29)30(29,37)17-28)32-14-22-11-20-3-2-10-38-24(20)15-31-22/h4-7,11,15,18,21,23,32,37H,2-3,8-10,12-14,16-17H2,1H3/t18-,21?,23-,28?,29?,30+/m0/s1. The van der Waals surface area contributed by atoms with Crippen LogP contribution >= 0.6 is 0 Å². The summed E-state index contributed by atoms with van der Waals surface area (Å²) in [7, 11) is 0. The Morgan fingerprint density at radius 1 is 1.18 bits per heavy atom. The van der Waals surface area contributed by atoms with Crippen molar-refractivity contribution in [2.24, 2.45) is 17.3 Å². The summed E-state index contributed by atoms with van der Waals surface area (Å²) >= 11 is 0. The molecule has 3 unspecified atom stereocenters. The third-order valence-electron chi connectivity index (χ3n) is 11.1. The largest absolute Gasteiger partial charge is 0.492 e. The van der Waals surface area contributed by atoms with E-state index in [0.29, 0.717) is 13.1 Å². The SMILES string of the molecule is C[C@@H]([C@@H]1Cn2c(=O)ccc3ccc(=O)n1c32)C12CCC3(NCc4cc5c(cn4)OCCC5)CC(C1)[C@]2(O)C3. The van der Waals surface area contributed by atoms with Gasteiger partial charge in [-0.25, -0.2) is 0 Å². The average Bonchev–Trinajstić information content (AvgIpc) is 3.33. The van der Waals surface area contributed by atoms with Gasteiger partial charge in [0.1, 0.15) is 11.4 Å². The van der Waals surface area contributed by atoms with E-state index in [0.717, 1.165) is 74.0 Å². The lowest BCUT2D eigenvalue weighted by Gasteiger charge is -2.64. The molecule has 38 heavy (non-hydrogen) atoms. The lowest BCUT2D eigenvalue weighted by atomic mass is 9.43. The van der Waals surface area contributed by atoms with Gasteiger partial charge in [0, 0.05) is 41.6 Å². The molecule has 0 aromatic carbocycles. The molecule has 5 heterocycles. The molecule has 0 spiro atoms. The second-order valence-electron chi connectivity index (χ2n) is 12.7. The third kappa shape index (κ3) is 2.85. The predicted molar refractivity (Wildman–Crippen MR) is 142 cm³/mol. The average molecular weight is 515 g/mol. The van der Waals surface area contributed by atoms with E-state index in [1.807, 2.05) is 22.9 Å². The van der Waals surface area contributed by atoms with Gasteiger partial charge in [0.05, 0.1) is 30.1 Å². The molecule has 8 nitrogen and oxygen atoms in total. The highest BCUT2D eigenvalue weighted by molar-refractivity contribution is 5.76. The number of aryl methyl sites for hydroxylation is 1. The molecule has 6 atom stereocenters. The molecule has 3 aromatic heterocycles. The Morgan fingerprint density at radius 2 is 2.03 bits per heavy atom. The van der Waals surface area contributed by atoms with Gasteiger partial charge >= 0.3 is 0 Å². The van der Waals surface area contributed by atoms with E-state index >= 15 is 0 Å². The van der Waals surface area contributed by atoms with Crippen molar-refractivity contribution in [1.82, 2.24) is 19.4 Å². The Balaban J connectivity index is 1.06. The molecule has 5 aliphatic rings. The first-order chi connectivity index (χ1) is 18.3. The van der Waals surface area contributed by atoms with Crippen molar-refractivity contribution in [2.45, 2.75) is 82.1 Å². The van der Waals surface area contributed by atoms with E-state index in [1.54, 1.807) is 16.7 Å². The van der Waals surface area contributed by atoms with E-state index < -0.39 is 5.60 Å². The molecule has 3 aliphatic carbocycles.